The molecule has 0 spiro atoms. The highest BCUT2D eigenvalue weighted by molar-refractivity contribution is 5.54. The van der Waals surface area contributed by atoms with Crippen molar-refractivity contribution in [2.24, 2.45) is 11.8 Å². The van der Waals surface area contributed by atoms with Gasteiger partial charge in [-0.3, -0.25) is 0 Å². The first-order chi connectivity index (χ1) is 11.4. The molecule has 23 heavy (non-hydrogen) atoms. The predicted molar refractivity (Wildman–Crippen MR) is 90.0 cm³/mol. The molecular formula is C19H25N3O. The predicted octanol–water partition coefficient (Wildman–Crippen LogP) is 3.62. The third-order valence-corrected chi connectivity index (χ3v) is 5.68. The van der Waals surface area contributed by atoms with Crippen molar-refractivity contribution in [1.29, 1.82) is 0 Å². The first-order valence-electron chi connectivity index (χ1n) is 8.98. The molecule has 2 aliphatic carbocycles. The van der Waals surface area contributed by atoms with Gasteiger partial charge in [0.1, 0.15) is 5.82 Å². The summed E-state index contributed by atoms with van der Waals surface area (Å²) in [6, 6.07) is 10.2. The lowest BCUT2D eigenvalue weighted by Crippen LogP contribution is -2.15. The minimum absolute atomic E-state index is 0.205. The molecule has 0 aliphatic heterocycles. The maximum absolute atomic E-state index is 9.20. The standard InChI is InChI=1S/C19H25N3O/c23-13-5-12-22-19(17-11-10-14-8-4-9-16(14)17)20-18(21-22)15-6-2-1-3-7-15/h1-3,6-7,14,16-17,23H,4-5,8-13H2/t14-,16-,17-/m0/s1. The molecular weight excluding hydrogens is 286 g/mol. The molecule has 2 fully saturated rings. The molecule has 1 N–H and O–H groups in total. The Hall–Kier alpha value is -1.68. The van der Waals surface area contributed by atoms with Crippen LogP contribution < -0.4 is 0 Å². The summed E-state index contributed by atoms with van der Waals surface area (Å²) in [6.45, 7) is 0.968. The molecule has 3 atom stereocenters. The number of aromatic nitrogens is 3. The molecule has 0 amide bonds. The van der Waals surface area contributed by atoms with Gasteiger partial charge in [0, 0.05) is 24.6 Å². The Morgan fingerprint density at radius 1 is 1.09 bits per heavy atom. The number of benzene rings is 1. The van der Waals surface area contributed by atoms with Crippen LogP contribution in [0.3, 0.4) is 0 Å². The second-order valence-corrected chi connectivity index (χ2v) is 7.00. The minimum atomic E-state index is 0.205. The summed E-state index contributed by atoms with van der Waals surface area (Å²) < 4.78 is 2.07. The highest BCUT2D eigenvalue weighted by atomic mass is 16.3. The molecule has 2 aliphatic rings. The fraction of sp³-hybridized carbons (Fsp3) is 0.579. The van der Waals surface area contributed by atoms with Crippen molar-refractivity contribution in [3.05, 3.63) is 36.2 Å². The summed E-state index contributed by atoms with van der Waals surface area (Å²) in [5.74, 6) is 4.26. The number of hydrogen-bond donors (Lipinski definition) is 1. The van der Waals surface area contributed by atoms with E-state index in [-0.39, 0.29) is 6.61 Å². The van der Waals surface area contributed by atoms with Crippen molar-refractivity contribution < 1.29 is 5.11 Å². The molecule has 1 aromatic carbocycles. The minimum Gasteiger partial charge on any atom is -0.396 e. The van der Waals surface area contributed by atoms with E-state index in [1.165, 1.54) is 32.1 Å². The smallest absolute Gasteiger partial charge is 0.181 e. The van der Waals surface area contributed by atoms with Gasteiger partial charge in [-0.05, 0) is 37.5 Å². The monoisotopic (exact) mass is 311 g/mol. The molecule has 0 unspecified atom stereocenters. The zero-order valence-electron chi connectivity index (χ0n) is 13.6. The van der Waals surface area contributed by atoms with Crippen LogP contribution in [0.5, 0.6) is 0 Å². The van der Waals surface area contributed by atoms with Crippen molar-refractivity contribution >= 4 is 0 Å². The summed E-state index contributed by atoms with van der Waals surface area (Å²) in [6.07, 6.45) is 7.47. The highest BCUT2D eigenvalue weighted by Gasteiger charge is 2.42. The fourth-order valence-corrected chi connectivity index (χ4v) is 4.60. The highest BCUT2D eigenvalue weighted by Crippen LogP contribution is 2.51. The lowest BCUT2D eigenvalue weighted by molar-refractivity contribution is 0.274. The Kier molecular flexibility index (Phi) is 4.17. The van der Waals surface area contributed by atoms with Crippen LogP contribution in [0.2, 0.25) is 0 Å². The van der Waals surface area contributed by atoms with E-state index in [2.05, 4.69) is 16.8 Å². The zero-order valence-corrected chi connectivity index (χ0v) is 13.6. The zero-order chi connectivity index (χ0) is 15.6. The van der Waals surface area contributed by atoms with E-state index in [0.29, 0.717) is 5.92 Å². The molecule has 2 aromatic rings. The van der Waals surface area contributed by atoms with E-state index < -0.39 is 0 Å². The maximum Gasteiger partial charge on any atom is 0.181 e. The summed E-state index contributed by atoms with van der Waals surface area (Å²) >= 11 is 0. The summed E-state index contributed by atoms with van der Waals surface area (Å²) in [4.78, 5) is 4.95. The SMILES string of the molecule is OCCCn1nc(-c2ccccc2)nc1[C@H]1CC[C@@H]2CCC[C@@H]21. The van der Waals surface area contributed by atoms with Crippen LogP contribution in [0.25, 0.3) is 11.4 Å². The summed E-state index contributed by atoms with van der Waals surface area (Å²) in [7, 11) is 0. The van der Waals surface area contributed by atoms with E-state index in [9.17, 15) is 5.11 Å². The maximum atomic E-state index is 9.20. The topological polar surface area (TPSA) is 50.9 Å². The Balaban J connectivity index is 1.68. The van der Waals surface area contributed by atoms with Crippen LogP contribution in [0, 0.1) is 11.8 Å². The van der Waals surface area contributed by atoms with Gasteiger partial charge in [0.2, 0.25) is 0 Å². The lowest BCUT2D eigenvalue weighted by Gasteiger charge is -2.18. The van der Waals surface area contributed by atoms with Crippen molar-refractivity contribution in [1.82, 2.24) is 14.8 Å². The van der Waals surface area contributed by atoms with Crippen LogP contribution in [-0.2, 0) is 6.54 Å². The van der Waals surface area contributed by atoms with Gasteiger partial charge in [0.25, 0.3) is 0 Å². The van der Waals surface area contributed by atoms with Gasteiger partial charge >= 0.3 is 0 Å². The summed E-state index contributed by atoms with van der Waals surface area (Å²) in [5, 5.41) is 14.0. The van der Waals surface area contributed by atoms with E-state index in [4.69, 9.17) is 10.1 Å². The fourth-order valence-electron chi connectivity index (χ4n) is 4.60. The average Bonchev–Trinajstić information content (AvgIpc) is 3.29. The number of fused-ring (bicyclic) bond motifs is 1. The van der Waals surface area contributed by atoms with E-state index in [1.54, 1.807) is 0 Å². The Morgan fingerprint density at radius 2 is 1.96 bits per heavy atom. The van der Waals surface area contributed by atoms with E-state index >= 15 is 0 Å². The van der Waals surface area contributed by atoms with Crippen LogP contribution in [0.4, 0.5) is 0 Å². The molecule has 4 rings (SSSR count). The third kappa shape index (κ3) is 2.80. The molecule has 0 saturated heterocycles. The van der Waals surface area contributed by atoms with E-state index in [1.807, 2.05) is 18.2 Å². The van der Waals surface area contributed by atoms with Crippen molar-refractivity contribution in [2.45, 2.75) is 51.0 Å². The van der Waals surface area contributed by atoms with Crippen LogP contribution in [0.1, 0.15) is 50.3 Å². The van der Waals surface area contributed by atoms with Gasteiger partial charge in [0.05, 0.1) is 0 Å². The molecule has 122 valence electrons. The van der Waals surface area contributed by atoms with Crippen molar-refractivity contribution in [2.75, 3.05) is 6.61 Å². The molecule has 1 heterocycles. The Morgan fingerprint density at radius 3 is 2.78 bits per heavy atom. The van der Waals surface area contributed by atoms with Gasteiger partial charge in [0.15, 0.2) is 5.82 Å². The molecule has 4 heteroatoms. The largest absolute Gasteiger partial charge is 0.396 e. The Labute approximate surface area is 137 Å². The van der Waals surface area contributed by atoms with Crippen molar-refractivity contribution in [3.63, 3.8) is 0 Å². The van der Waals surface area contributed by atoms with Crippen molar-refractivity contribution in [3.8, 4) is 11.4 Å². The van der Waals surface area contributed by atoms with Gasteiger partial charge in [-0.25, -0.2) is 9.67 Å². The number of rotatable bonds is 5. The molecule has 0 bridgehead atoms. The first-order valence-corrected chi connectivity index (χ1v) is 8.98. The van der Waals surface area contributed by atoms with Crippen LogP contribution >= 0.6 is 0 Å². The number of aliphatic hydroxyl groups is 1. The quantitative estimate of drug-likeness (QED) is 0.917. The number of nitrogens with zero attached hydrogens (tertiary/aromatic N) is 3. The van der Waals surface area contributed by atoms with Crippen LogP contribution in [0.15, 0.2) is 30.3 Å². The summed E-state index contributed by atoms with van der Waals surface area (Å²) in [5.41, 5.74) is 1.08. The molecule has 4 nitrogen and oxygen atoms in total. The first kappa shape index (κ1) is 14.9. The number of aryl methyl sites for hydroxylation is 1. The molecule has 0 radical (unpaired) electrons. The average molecular weight is 311 g/mol. The number of hydrogen-bond acceptors (Lipinski definition) is 3. The second-order valence-electron chi connectivity index (χ2n) is 7.00. The van der Waals surface area contributed by atoms with Gasteiger partial charge in [-0.15, -0.1) is 0 Å². The van der Waals surface area contributed by atoms with Gasteiger partial charge < -0.3 is 5.11 Å². The third-order valence-electron chi connectivity index (χ3n) is 5.68. The lowest BCUT2D eigenvalue weighted by atomic mass is 9.91. The van der Waals surface area contributed by atoms with Gasteiger partial charge in [-0.2, -0.15) is 5.10 Å². The normalized spacial score (nSPS) is 26.6. The van der Waals surface area contributed by atoms with Crippen LogP contribution in [-0.4, -0.2) is 26.5 Å². The molecule has 2 saturated carbocycles. The second kappa shape index (κ2) is 6.44. The van der Waals surface area contributed by atoms with Gasteiger partial charge in [-0.1, -0.05) is 43.2 Å². The van der Waals surface area contributed by atoms with E-state index in [0.717, 1.165) is 42.0 Å². The Bertz CT molecular complexity index is 652. The molecule has 1 aromatic heterocycles. The number of aliphatic hydroxyl groups excluding tert-OH is 1.